The predicted molar refractivity (Wildman–Crippen MR) is 144 cm³/mol. The van der Waals surface area contributed by atoms with Crippen molar-refractivity contribution in [2.75, 3.05) is 25.6 Å². The monoisotopic (exact) mass is 500 g/mol. The van der Waals surface area contributed by atoms with E-state index in [0.717, 1.165) is 33.4 Å². The van der Waals surface area contributed by atoms with E-state index in [2.05, 4.69) is 9.98 Å². The molecule has 1 N–H and O–H groups in total. The van der Waals surface area contributed by atoms with E-state index in [9.17, 15) is 9.59 Å². The SMILES string of the molecule is CCOC(=O)C1=C(C)N=c2s/c(=C\c3c(C)[nH]c4ccccc34)c(=O)n2[C@H]1c1ccc(N(C)C)cc1. The number of aromatic nitrogens is 2. The van der Waals surface area contributed by atoms with Crippen LogP contribution in [0.15, 0.2) is 69.6 Å². The van der Waals surface area contributed by atoms with E-state index in [1.807, 2.05) is 80.5 Å². The van der Waals surface area contributed by atoms with Crippen LogP contribution in [0.4, 0.5) is 5.69 Å². The molecule has 0 unspecified atom stereocenters. The highest BCUT2D eigenvalue weighted by Gasteiger charge is 2.33. The molecular weight excluding hydrogens is 472 g/mol. The molecule has 1 aliphatic heterocycles. The highest BCUT2D eigenvalue weighted by molar-refractivity contribution is 7.07. The minimum atomic E-state index is -0.622. The molecule has 0 amide bonds. The molecule has 0 radical (unpaired) electrons. The number of nitrogens with one attached hydrogen (secondary N) is 1. The van der Waals surface area contributed by atoms with Gasteiger partial charge in [-0.2, -0.15) is 0 Å². The molecular formula is C28H28N4O3S. The van der Waals surface area contributed by atoms with Crippen LogP contribution >= 0.6 is 11.3 Å². The Balaban J connectivity index is 1.74. The van der Waals surface area contributed by atoms with Gasteiger partial charge in [-0.05, 0) is 50.6 Å². The smallest absolute Gasteiger partial charge is 0.338 e. The summed E-state index contributed by atoms with van der Waals surface area (Å²) in [6.07, 6.45) is 1.92. The summed E-state index contributed by atoms with van der Waals surface area (Å²) < 4.78 is 7.58. The number of H-pyrrole nitrogens is 1. The van der Waals surface area contributed by atoms with Gasteiger partial charge in [0.2, 0.25) is 0 Å². The van der Waals surface area contributed by atoms with E-state index < -0.39 is 12.0 Å². The third-order valence-electron chi connectivity index (χ3n) is 6.46. The van der Waals surface area contributed by atoms with Crippen LogP contribution in [0.2, 0.25) is 0 Å². The Kier molecular flexibility index (Phi) is 6.14. The highest BCUT2D eigenvalue weighted by Crippen LogP contribution is 2.31. The molecule has 8 heteroatoms. The highest BCUT2D eigenvalue weighted by atomic mass is 32.1. The zero-order valence-corrected chi connectivity index (χ0v) is 21.8. The first-order valence-electron chi connectivity index (χ1n) is 11.8. The number of aromatic amines is 1. The number of anilines is 1. The molecule has 1 atom stereocenters. The molecule has 36 heavy (non-hydrogen) atoms. The van der Waals surface area contributed by atoms with Gasteiger partial charge < -0.3 is 14.6 Å². The zero-order valence-electron chi connectivity index (χ0n) is 21.0. The standard InChI is InChI=1S/C28H28N4O3S/c1-6-35-27(34)24-17(3)30-28-32(25(24)18-11-13-19(14-12-18)31(4)5)26(33)23(36-28)15-21-16(2)29-22-10-8-7-9-20(21)22/h7-15,25,29H,6H2,1-5H3/b23-15-/t25-/m0/s1. The van der Waals surface area contributed by atoms with Crippen molar-refractivity contribution < 1.29 is 9.53 Å². The summed E-state index contributed by atoms with van der Waals surface area (Å²) in [6.45, 7) is 5.81. The number of allylic oxidation sites excluding steroid dienone is 1. The van der Waals surface area contributed by atoms with Crippen LogP contribution in [0.5, 0.6) is 0 Å². The topological polar surface area (TPSA) is 79.7 Å². The van der Waals surface area contributed by atoms with Crippen molar-refractivity contribution in [2.45, 2.75) is 26.8 Å². The Morgan fingerprint density at radius 3 is 2.58 bits per heavy atom. The number of para-hydroxylation sites is 1. The lowest BCUT2D eigenvalue weighted by atomic mass is 9.95. The van der Waals surface area contributed by atoms with E-state index in [0.29, 0.717) is 20.6 Å². The number of nitrogens with zero attached hydrogens (tertiary/aromatic N) is 3. The molecule has 0 saturated heterocycles. The lowest BCUT2D eigenvalue weighted by Gasteiger charge is -2.25. The number of carbonyl (C=O) groups excluding carboxylic acids is 1. The molecule has 1 aliphatic rings. The van der Waals surface area contributed by atoms with Gasteiger partial charge >= 0.3 is 5.97 Å². The molecule has 0 saturated carbocycles. The van der Waals surface area contributed by atoms with Gasteiger partial charge in [0, 0.05) is 41.9 Å². The van der Waals surface area contributed by atoms with Crippen LogP contribution in [0.25, 0.3) is 17.0 Å². The number of fused-ring (bicyclic) bond motifs is 2. The van der Waals surface area contributed by atoms with Crippen molar-refractivity contribution >= 4 is 40.0 Å². The van der Waals surface area contributed by atoms with Crippen molar-refractivity contribution in [3.8, 4) is 0 Å². The van der Waals surface area contributed by atoms with Gasteiger partial charge in [0.1, 0.15) is 0 Å². The first-order chi connectivity index (χ1) is 17.3. The molecule has 7 nitrogen and oxygen atoms in total. The Hall–Kier alpha value is -3.91. The first-order valence-corrected chi connectivity index (χ1v) is 12.7. The maximum atomic E-state index is 13.9. The van der Waals surface area contributed by atoms with Gasteiger partial charge in [-0.1, -0.05) is 41.7 Å². The lowest BCUT2D eigenvalue weighted by Crippen LogP contribution is -2.40. The van der Waals surface area contributed by atoms with E-state index in [1.54, 1.807) is 18.4 Å². The van der Waals surface area contributed by atoms with Crippen LogP contribution in [0, 0.1) is 6.92 Å². The molecule has 3 heterocycles. The number of rotatable bonds is 5. The Labute approximate surface area is 212 Å². The molecule has 5 rings (SSSR count). The summed E-state index contributed by atoms with van der Waals surface area (Å²) in [5.74, 6) is -0.456. The van der Waals surface area contributed by atoms with Gasteiger partial charge in [-0.25, -0.2) is 9.79 Å². The molecule has 2 aromatic heterocycles. The molecule has 0 spiro atoms. The van der Waals surface area contributed by atoms with Gasteiger partial charge in [0.15, 0.2) is 4.80 Å². The fourth-order valence-electron chi connectivity index (χ4n) is 4.68. The summed E-state index contributed by atoms with van der Waals surface area (Å²) in [7, 11) is 3.94. The molecule has 0 aliphatic carbocycles. The van der Waals surface area contributed by atoms with Crippen molar-refractivity contribution in [1.82, 2.24) is 9.55 Å². The lowest BCUT2D eigenvalue weighted by molar-refractivity contribution is -0.139. The van der Waals surface area contributed by atoms with E-state index in [4.69, 9.17) is 4.74 Å². The minimum Gasteiger partial charge on any atom is -0.463 e. The normalized spacial score (nSPS) is 15.7. The fraction of sp³-hybridized carbons (Fsp3) is 0.250. The molecule has 0 bridgehead atoms. The third-order valence-corrected chi connectivity index (χ3v) is 7.44. The van der Waals surface area contributed by atoms with Gasteiger partial charge in [0.05, 0.1) is 28.5 Å². The molecule has 0 fully saturated rings. The minimum absolute atomic E-state index is 0.181. The predicted octanol–water partition coefficient (Wildman–Crippen LogP) is 3.65. The molecule has 2 aromatic carbocycles. The zero-order chi connectivity index (χ0) is 25.6. The van der Waals surface area contributed by atoms with Crippen LogP contribution in [-0.4, -0.2) is 36.2 Å². The average Bonchev–Trinajstić information content (AvgIpc) is 3.34. The summed E-state index contributed by atoms with van der Waals surface area (Å²) in [5, 5.41) is 1.06. The largest absolute Gasteiger partial charge is 0.463 e. The Morgan fingerprint density at radius 1 is 1.17 bits per heavy atom. The Bertz CT molecular complexity index is 1690. The van der Waals surface area contributed by atoms with E-state index >= 15 is 0 Å². The Morgan fingerprint density at radius 2 is 1.89 bits per heavy atom. The summed E-state index contributed by atoms with van der Waals surface area (Å²) in [6, 6.07) is 15.3. The number of benzene rings is 2. The van der Waals surface area contributed by atoms with Gasteiger partial charge in [-0.15, -0.1) is 0 Å². The second kappa shape index (κ2) is 9.28. The maximum absolute atomic E-state index is 13.9. The summed E-state index contributed by atoms with van der Waals surface area (Å²) in [5.41, 5.74) is 5.61. The van der Waals surface area contributed by atoms with Crippen LogP contribution < -0.4 is 19.8 Å². The van der Waals surface area contributed by atoms with Crippen molar-refractivity contribution in [2.24, 2.45) is 4.99 Å². The number of aryl methyl sites for hydroxylation is 1. The summed E-state index contributed by atoms with van der Waals surface area (Å²) >= 11 is 1.33. The average molecular weight is 501 g/mol. The third kappa shape index (κ3) is 3.97. The van der Waals surface area contributed by atoms with Crippen molar-refractivity contribution in [3.63, 3.8) is 0 Å². The number of carbonyl (C=O) groups is 1. The number of ether oxygens (including phenoxy) is 1. The van der Waals surface area contributed by atoms with E-state index in [-0.39, 0.29) is 12.2 Å². The molecule has 4 aromatic rings. The van der Waals surface area contributed by atoms with Crippen LogP contribution in [0.3, 0.4) is 0 Å². The van der Waals surface area contributed by atoms with E-state index in [1.165, 1.54) is 11.3 Å². The van der Waals surface area contributed by atoms with Crippen molar-refractivity contribution in [3.05, 3.63) is 96.3 Å². The van der Waals surface area contributed by atoms with Crippen LogP contribution in [-0.2, 0) is 9.53 Å². The number of esters is 1. The fourth-order valence-corrected chi connectivity index (χ4v) is 5.71. The van der Waals surface area contributed by atoms with Gasteiger partial charge in [-0.3, -0.25) is 9.36 Å². The van der Waals surface area contributed by atoms with Crippen molar-refractivity contribution in [1.29, 1.82) is 0 Å². The maximum Gasteiger partial charge on any atom is 0.338 e. The number of hydrogen-bond donors (Lipinski definition) is 1. The number of thiazole rings is 1. The summed E-state index contributed by atoms with van der Waals surface area (Å²) in [4.78, 5) is 37.6. The number of hydrogen-bond acceptors (Lipinski definition) is 6. The first kappa shape index (κ1) is 23.8. The molecule has 184 valence electrons. The van der Waals surface area contributed by atoms with Gasteiger partial charge in [0.25, 0.3) is 5.56 Å². The second-order valence-electron chi connectivity index (χ2n) is 9.00. The second-order valence-corrected chi connectivity index (χ2v) is 10.0. The quantitative estimate of drug-likeness (QED) is 0.424. The van der Waals surface area contributed by atoms with Crippen LogP contribution in [0.1, 0.15) is 36.7 Å².